The molecule has 146 valence electrons. The quantitative estimate of drug-likeness (QED) is 0.645. The molecule has 0 fully saturated rings. The topological polar surface area (TPSA) is 56.8 Å². The van der Waals surface area contributed by atoms with Gasteiger partial charge in [-0.1, -0.05) is 11.6 Å². The van der Waals surface area contributed by atoms with Gasteiger partial charge in [-0.3, -0.25) is 4.79 Å². The van der Waals surface area contributed by atoms with Crippen LogP contribution >= 0.6 is 11.6 Å². The van der Waals surface area contributed by atoms with Crippen molar-refractivity contribution in [1.82, 2.24) is 5.32 Å². The van der Waals surface area contributed by atoms with Crippen molar-refractivity contribution < 1.29 is 32.2 Å². The van der Waals surface area contributed by atoms with Crippen LogP contribution in [0.3, 0.4) is 0 Å². The highest BCUT2D eigenvalue weighted by Crippen LogP contribution is 2.36. The van der Waals surface area contributed by atoms with E-state index in [1.54, 1.807) is 19.1 Å². The van der Waals surface area contributed by atoms with Crippen molar-refractivity contribution in [2.75, 3.05) is 26.9 Å². The van der Waals surface area contributed by atoms with Crippen molar-refractivity contribution in [3.63, 3.8) is 0 Å². The lowest BCUT2D eigenvalue weighted by Gasteiger charge is -2.14. The number of halogens is 4. The zero-order valence-electron chi connectivity index (χ0n) is 14.7. The number of carbonyl (C=O) groups is 1. The van der Waals surface area contributed by atoms with E-state index in [1.165, 1.54) is 19.3 Å². The predicted octanol–water partition coefficient (Wildman–Crippen LogP) is 3.84. The summed E-state index contributed by atoms with van der Waals surface area (Å²) in [5.41, 5.74) is 0.603. The molecular formula is C17H21ClF3NO4. The molecule has 0 saturated carbocycles. The summed E-state index contributed by atoms with van der Waals surface area (Å²) >= 11 is 6.14. The second-order valence-corrected chi connectivity index (χ2v) is 5.75. The van der Waals surface area contributed by atoms with Gasteiger partial charge in [0.25, 0.3) is 0 Å². The number of methoxy groups -OCH3 is 1. The van der Waals surface area contributed by atoms with E-state index in [9.17, 15) is 18.0 Å². The summed E-state index contributed by atoms with van der Waals surface area (Å²) in [6.45, 7) is 2.17. The van der Waals surface area contributed by atoms with Gasteiger partial charge in [-0.2, -0.15) is 13.2 Å². The van der Waals surface area contributed by atoms with Crippen LogP contribution in [-0.4, -0.2) is 45.1 Å². The van der Waals surface area contributed by atoms with Crippen LogP contribution in [0.15, 0.2) is 18.2 Å². The van der Waals surface area contributed by atoms with E-state index in [4.69, 9.17) is 21.1 Å². The summed E-state index contributed by atoms with van der Waals surface area (Å²) in [7, 11) is 1.47. The number of benzene rings is 1. The molecule has 26 heavy (non-hydrogen) atoms. The maximum Gasteiger partial charge on any atom is 0.411 e. The van der Waals surface area contributed by atoms with Crippen LogP contribution < -0.4 is 14.8 Å². The normalized spacial score (nSPS) is 12.9. The lowest BCUT2D eigenvalue weighted by atomic mass is 10.2. The van der Waals surface area contributed by atoms with Crippen LogP contribution in [0, 0.1) is 0 Å². The van der Waals surface area contributed by atoms with E-state index in [1.807, 2.05) is 6.92 Å². The Morgan fingerprint density at radius 2 is 2.08 bits per heavy atom. The third-order valence-corrected chi connectivity index (χ3v) is 3.27. The summed E-state index contributed by atoms with van der Waals surface area (Å²) in [5, 5.41) is 2.84. The molecule has 0 aliphatic carbocycles. The predicted molar refractivity (Wildman–Crippen MR) is 92.7 cm³/mol. The molecule has 1 atom stereocenters. The van der Waals surface area contributed by atoms with Gasteiger partial charge in [0.15, 0.2) is 11.5 Å². The van der Waals surface area contributed by atoms with Gasteiger partial charge in [-0.05, 0) is 37.6 Å². The first-order chi connectivity index (χ1) is 12.2. The highest BCUT2D eigenvalue weighted by Gasteiger charge is 2.27. The van der Waals surface area contributed by atoms with Crippen LogP contribution in [0.4, 0.5) is 13.2 Å². The molecule has 0 saturated heterocycles. The molecule has 0 spiro atoms. The number of ether oxygens (including phenoxy) is 3. The highest BCUT2D eigenvalue weighted by atomic mass is 35.5. The van der Waals surface area contributed by atoms with Crippen LogP contribution in [0.25, 0.3) is 6.08 Å². The Morgan fingerprint density at radius 1 is 1.38 bits per heavy atom. The lowest BCUT2D eigenvalue weighted by Crippen LogP contribution is -2.35. The number of nitrogens with one attached hydrogen (secondary N) is 1. The van der Waals surface area contributed by atoms with Gasteiger partial charge in [-0.25, -0.2) is 0 Å². The molecular weight excluding hydrogens is 375 g/mol. The molecule has 1 amide bonds. The van der Waals surface area contributed by atoms with Crippen molar-refractivity contribution in [2.45, 2.75) is 26.1 Å². The Hall–Kier alpha value is -1.93. The second kappa shape index (κ2) is 10.3. The minimum atomic E-state index is -4.39. The third-order valence-electron chi connectivity index (χ3n) is 2.99. The maximum atomic E-state index is 12.0. The highest BCUT2D eigenvalue weighted by molar-refractivity contribution is 6.32. The van der Waals surface area contributed by atoms with Crippen LogP contribution in [0.5, 0.6) is 11.5 Å². The van der Waals surface area contributed by atoms with Gasteiger partial charge in [0.2, 0.25) is 5.91 Å². The van der Waals surface area contributed by atoms with Crippen LogP contribution in [0.1, 0.15) is 19.4 Å². The molecule has 1 aromatic rings. The van der Waals surface area contributed by atoms with Gasteiger partial charge in [0.1, 0.15) is 6.61 Å². The number of amides is 1. The molecule has 9 heteroatoms. The fraction of sp³-hybridized carbons (Fsp3) is 0.471. The fourth-order valence-corrected chi connectivity index (χ4v) is 2.25. The summed E-state index contributed by atoms with van der Waals surface area (Å²) in [5.74, 6) is 0.360. The molecule has 1 N–H and O–H groups in total. The number of hydrogen-bond acceptors (Lipinski definition) is 4. The summed E-state index contributed by atoms with van der Waals surface area (Å²) in [6, 6.07) is 2.68. The lowest BCUT2D eigenvalue weighted by molar-refractivity contribution is -0.175. The van der Waals surface area contributed by atoms with E-state index in [0.717, 1.165) is 0 Å². The molecule has 0 bridgehead atoms. The minimum absolute atomic E-state index is 0.248. The average molecular weight is 396 g/mol. The Bertz CT molecular complexity index is 635. The van der Waals surface area contributed by atoms with Crippen LogP contribution in [0.2, 0.25) is 5.02 Å². The van der Waals surface area contributed by atoms with Crippen LogP contribution in [-0.2, 0) is 9.53 Å². The smallest absolute Gasteiger partial charge is 0.411 e. The van der Waals surface area contributed by atoms with E-state index in [0.29, 0.717) is 28.7 Å². The number of hydrogen-bond donors (Lipinski definition) is 1. The minimum Gasteiger partial charge on any atom is -0.493 e. The summed E-state index contributed by atoms with van der Waals surface area (Å²) in [6.07, 6.45) is -1.65. The first-order valence-electron chi connectivity index (χ1n) is 7.79. The number of rotatable bonds is 9. The second-order valence-electron chi connectivity index (χ2n) is 5.34. The molecule has 5 nitrogen and oxygen atoms in total. The zero-order chi connectivity index (χ0) is 19.7. The summed E-state index contributed by atoms with van der Waals surface area (Å²) < 4.78 is 51.1. The molecule has 0 aliphatic rings. The molecule has 0 radical (unpaired) electrons. The van der Waals surface area contributed by atoms with E-state index in [-0.39, 0.29) is 6.61 Å². The van der Waals surface area contributed by atoms with Crippen molar-refractivity contribution in [3.8, 4) is 11.5 Å². The molecule has 1 rings (SSSR count). The molecule has 0 aromatic heterocycles. The molecule has 0 heterocycles. The van der Waals surface area contributed by atoms with E-state index >= 15 is 0 Å². The van der Waals surface area contributed by atoms with Gasteiger partial charge < -0.3 is 19.5 Å². The Balaban J connectivity index is 2.63. The van der Waals surface area contributed by atoms with Gasteiger partial charge in [0, 0.05) is 12.1 Å². The molecule has 1 aromatic carbocycles. The third kappa shape index (κ3) is 7.97. The van der Waals surface area contributed by atoms with E-state index in [2.05, 4.69) is 10.1 Å². The SMILES string of the molecule is CCOc1c(Cl)cc(/C=C/C(=O)NC(C)COCC(F)(F)F)cc1OC. The van der Waals surface area contributed by atoms with E-state index < -0.39 is 24.7 Å². The van der Waals surface area contributed by atoms with Gasteiger partial charge in [0.05, 0.1) is 25.3 Å². The average Bonchev–Trinajstić information content (AvgIpc) is 2.53. The summed E-state index contributed by atoms with van der Waals surface area (Å²) in [4.78, 5) is 11.8. The van der Waals surface area contributed by atoms with Crippen molar-refractivity contribution in [3.05, 3.63) is 28.8 Å². The first-order valence-corrected chi connectivity index (χ1v) is 8.17. The largest absolute Gasteiger partial charge is 0.493 e. The molecule has 0 aliphatic heterocycles. The first kappa shape index (κ1) is 22.1. The number of alkyl halides is 3. The van der Waals surface area contributed by atoms with Gasteiger partial charge >= 0.3 is 6.18 Å². The zero-order valence-corrected chi connectivity index (χ0v) is 15.4. The van der Waals surface area contributed by atoms with Crippen molar-refractivity contribution >= 4 is 23.6 Å². The van der Waals surface area contributed by atoms with Crippen molar-refractivity contribution in [1.29, 1.82) is 0 Å². The maximum absolute atomic E-state index is 12.0. The Labute approximate surface area is 155 Å². The Morgan fingerprint density at radius 3 is 2.65 bits per heavy atom. The fourth-order valence-electron chi connectivity index (χ4n) is 1.98. The van der Waals surface area contributed by atoms with Crippen molar-refractivity contribution in [2.24, 2.45) is 0 Å². The monoisotopic (exact) mass is 395 g/mol. The standard InChI is InChI=1S/C17H21ClF3NO4/c1-4-26-16-13(18)7-12(8-14(16)24-3)5-6-15(23)22-11(2)9-25-10-17(19,20)21/h5-8,11H,4,9-10H2,1-3H3,(H,22,23)/b6-5+. The Kier molecular flexibility index (Phi) is 8.74. The molecule has 1 unspecified atom stereocenters. The number of carbonyl (C=O) groups excluding carboxylic acids is 1. The van der Waals surface area contributed by atoms with Gasteiger partial charge in [-0.15, -0.1) is 0 Å².